The minimum absolute atomic E-state index is 0.188. The molecule has 5 nitrogen and oxygen atoms in total. The summed E-state index contributed by atoms with van der Waals surface area (Å²) in [6.45, 7) is 9.96. The quantitative estimate of drug-likeness (QED) is 0.772. The number of alkyl carbamates (subject to hydrolysis) is 1. The average molecular weight is 391 g/mol. The minimum atomic E-state index is -0.676. The fraction of sp³-hybridized carbons (Fsp3) is 0.524. The summed E-state index contributed by atoms with van der Waals surface area (Å²) in [6.07, 6.45) is 2.90. The summed E-state index contributed by atoms with van der Waals surface area (Å²) in [5.74, 6) is -0.188. The first kappa shape index (κ1) is 21.4. The maximum atomic E-state index is 12.9. The van der Waals surface area contributed by atoms with E-state index < -0.39 is 22.5 Å². The molecule has 2 rings (SSSR count). The molecule has 148 valence electrons. The van der Waals surface area contributed by atoms with Gasteiger partial charge in [0.15, 0.2) is 0 Å². The van der Waals surface area contributed by atoms with Crippen molar-refractivity contribution in [2.24, 2.45) is 0 Å². The van der Waals surface area contributed by atoms with Gasteiger partial charge in [-0.15, -0.1) is 11.8 Å². The molecule has 0 aliphatic carbocycles. The smallest absolute Gasteiger partial charge is 0.408 e. The van der Waals surface area contributed by atoms with Crippen molar-refractivity contribution < 1.29 is 14.3 Å². The Morgan fingerprint density at radius 1 is 1.26 bits per heavy atom. The molecule has 2 amide bonds. The molecule has 1 aromatic rings. The monoisotopic (exact) mass is 390 g/mol. The number of ether oxygens (including phenoxy) is 1. The van der Waals surface area contributed by atoms with Gasteiger partial charge in [-0.25, -0.2) is 4.79 Å². The summed E-state index contributed by atoms with van der Waals surface area (Å²) in [7, 11) is 0. The van der Waals surface area contributed by atoms with Gasteiger partial charge in [-0.1, -0.05) is 35.9 Å². The molecule has 0 fully saturated rings. The van der Waals surface area contributed by atoms with Gasteiger partial charge in [-0.2, -0.15) is 0 Å². The van der Waals surface area contributed by atoms with Gasteiger partial charge in [-0.3, -0.25) is 4.79 Å². The molecule has 2 N–H and O–H groups in total. The Bertz CT molecular complexity index is 684. The maximum absolute atomic E-state index is 12.9. The van der Waals surface area contributed by atoms with Gasteiger partial charge in [0.25, 0.3) is 0 Å². The van der Waals surface area contributed by atoms with Gasteiger partial charge in [-0.05, 0) is 58.4 Å². The Balaban J connectivity index is 1.98. The van der Waals surface area contributed by atoms with Crippen molar-refractivity contribution in [3.05, 3.63) is 46.9 Å². The van der Waals surface area contributed by atoms with Gasteiger partial charge in [0, 0.05) is 6.54 Å². The van der Waals surface area contributed by atoms with E-state index in [-0.39, 0.29) is 5.91 Å². The van der Waals surface area contributed by atoms with Crippen molar-refractivity contribution in [1.29, 1.82) is 0 Å². The van der Waals surface area contributed by atoms with Gasteiger partial charge >= 0.3 is 6.09 Å². The van der Waals surface area contributed by atoms with Crippen LogP contribution >= 0.6 is 11.8 Å². The van der Waals surface area contributed by atoms with E-state index in [1.54, 1.807) is 32.5 Å². The zero-order valence-corrected chi connectivity index (χ0v) is 17.6. The predicted molar refractivity (Wildman–Crippen MR) is 111 cm³/mol. The topological polar surface area (TPSA) is 67.4 Å². The van der Waals surface area contributed by atoms with E-state index in [1.165, 1.54) is 11.1 Å². The Morgan fingerprint density at radius 3 is 2.48 bits per heavy atom. The van der Waals surface area contributed by atoms with Crippen LogP contribution in [-0.2, 0) is 16.0 Å². The standard InChI is InChI=1S/C21H30N2O3S/c1-15-7-9-16(10-8-15)11-13-22-18(24)17(21(5)12-6-14-27-21)23-19(25)26-20(2,3)4/h6-10,14,17H,11-13H2,1-5H3,(H,22,24)(H,23,25). The van der Waals surface area contributed by atoms with Crippen LogP contribution in [0.1, 0.15) is 45.2 Å². The number of carbonyl (C=O) groups is 2. The second-order valence-corrected chi connectivity index (χ2v) is 9.55. The highest BCUT2D eigenvalue weighted by molar-refractivity contribution is 8.03. The highest BCUT2D eigenvalue weighted by Crippen LogP contribution is 2.39. The summed E-state index contributed by atoms with van der Waals surface area (Å²) >= 11 is 1.56. The van der Waals surface area contributed by atoms with Crippen LogP contribution in [0.4, 0.5) is 4.79 Å². The number of allylic oxidation sites excluding steroid dienone is 1. The Morgan fingerprint density at radius 2 is 1.93 bits per heavy atom. The van der Waals surface area contributed by atoms with Crippen LogP contribution in [0.2, 0.25) is 0 Å². The second kappa shape index (κ2) is 8.83. The molecule has 0 saturated carbocycles. The Kier molecular flexibility index (Phi) is 6.98. The third kappa shape index (κ3) is 6.61. The third-order valence-corrected chi connectivity index (χ3v) is 5.59. The van der Waals surface area contributed by atoms with Gasteiger partial charge < -0.3 is 15.4 Å². The molecule has 0 aromatic heterocycles. The second-order valence-electron chi connectivity index (χ2n) is 8.11. The summed E-state index contributed by atoms with van der Waals surface area (Å²) in [5.41, 5.74) is 1.77. The van der Waals surface area contributed by atoms with E-state index in [2.05, 4.69) is 34.9 Å². The molecule has 1 heterocycles. The molecule has 0 bridgehead atoms. The molecule has 6 heteroatoms. The van der Waals surface area contributed by atoms with Crippen molar-refractivity contribution in [3.63, 3.8) is 0 Å². The van der Waals surface area contributed by atoms with Crippen LogP contribution < -0.4 is 10.6 Å². The van der Waals surface area contributed by atoms with Crippen molar-refractivity contribution in [1.82, 2.24) is 10.6 Å². The fourth-order valence-electron chi connectivity index (χ4n) is 2.83. The molecule has 27 heavy (non-hydrogen) atoms. The number of amides is 2. The highest BCUT2D eigenvalue weighted by Gasteiger charge is 2.42. The zero-order valence-electron chi connectivity index (χ0n) is 16.8. The van der Waals surface area contributed by atoms with Crippen molar-refractivity contribution in [2.75, 3.05) is 6.54 Å². The first-order chi connectivity index (χ1) is 12.6. The van der Waals surface area contributed by atoms with E-state index in [0.29, 0.717) is 13.0 Å². The van der Waals surface area contributed by atoms with Crippen molar-refractivity contribution >= 4 is 23.8 Å². The lowest BCUT2D eigenvalue weighted by atomic mass is 9.96. The predicted octanol–water partition coefficient (Wildman–Crippen LogP) is 3.96. The fourth-order valence-corrected chi connectivity index (χ4v) is 3.83. The summed E-state index contributed by atoms with van der Waals surface area (Å²) < 4.78 is 4.92. The molecule has 0 spiro atoms. The molecular weight excluding hydrogens is 360 g/mol. The summed E-state index contributed by atoms with van der Waals surface area (Å²) in [4.78, 5) is 25.1. The van der Waals surface area contributed by atoms with Gasteiger partial charge in [0.1, 0.15) is 11.6 Å². The first-order valence-electron chi connectivity index (χ1n) is 9.25. The highest BCUT2D eigenvalue weighted by atomic mass is 32.2. The number of hydrogen-bond acceptors (Lipinski definition) is 4. The molecule has 0 saturated heterocycles. The van der Waals surface area contributed by atoms with Crippen molar-refractivity contribution in [3.8, 4) is 0 Å². The molecule has 2 unspecified atom stereocenters. The lowest BCUT2D eigenvalue weighted by Gasteiger charge is -2.33. The van der Waals surface area contributed by atoms with Crippen LogP contribution in [0.3, 0.4) is 0 Å². The molecule has 1 aliphatic rings. The van der Waals surface area contributed by atoms with E-state index in [0.717, 1.165) is 6.42 Å². The molecule has 1 aliphatic heterocycles. The summed E-state index contributed by atoms with van der Waals surface area (Å²) in [6, 6.07) is 7.58. The Labute approximate surface area is 166 Å². The van der Waals surface area contributed by atoms with E-state index in [1.807, 2.05) is 25.3 Å². The average Bonchev–Trinajstić information content (AvgIpc) is 3.00. The lowest BCUT2D eigenvalue weighted by Crippen LogP contribution is -2.57. The van der Waals surface area contributed by atoms with Gasteiger partial charge in [0.2, 0.25) is 5.91 Å². The number of hydrogen-bond donors (Lipinski definition) is 2. The van der Waals surface area contributed by atoms with Crippen LogP contribution in [0, 0.1) is 6.92 Å². The zero-order chi connectivity index (χ0) is 20.1. The molecule has 2 atom stereocenters. The number of aryl methyl sites for hydroxylation is 1. The van der Waals surface area contributed by atoms with E-state index >= 15 is 0 Å². The third-order valence-electron chi connectivity index (χ3n) is 4.32. The van der Waals surface area contributed by atoms with E-state index in [4.69, 9.17) is 4.74 Å². The molecular formula is C21H30N2O3S. The minimum Gasteiger partial charge on any atom is -0.444 e. The van der Waals surface area contributed by atoms with Crippen LogP contribution in [0.15, 0.2) is 35.7 Å². The first-order valence-corrected chi connectivity index (χ1v) is 10.1. The number of benzene rings is 1. The van der Waals surface area contributed by atoms with Crippen molar-refractivity contribution in [2.45, 2.75) is 63.9 Å². The summed E-state index contributed by atoms with van der Waals surface area (Å²) in [5, 5.41) is 7.72. The van der Waals surface area contributed by atoms with Gasteiger partial charge in [0.05, 0.1) is 4.75 Å². The van der Waals surface area contributed by atoms with Crippen LogP contribution in [0.5, 0.6) is 0 Å². The van der Waals surface area contributed by atoms with Crippen LogP contribution in [0.25, 0.3) is 0 Å². The number of carbonyl (C=O) groups excluding carboxylic acids is 2. The SMILES string of the molecule is Cc1ccc(CCNC(=O)C(NC(=O)OC(C)(C)C)C2(C)CC=CS2)cc1. The van der Waals surface area contributed by atoms with E-state index in [9.17, 15) is 9.59 Å². The molecule has 0 radical (unpaired) electrons. The number of rotatable bonds is 6. The van der Waals surface area contributed by atoms with Crippen LogP contribution in [-0.4, -0.2) is 34.9 Å². The maximum Gasteiger partial charge on any atom is 0.408 e. The number of thioether (sulfide) groups is 1. The Hall–Kier alpha value is -1.95. The largest absolute Gasteiger partial charge is 0.444 e. The lowest BCUT2D eigenvalue weighted by molar-refractivity contribution is -0.123. The molecule has 1 aromatic carbocycles. The normalized spacial score (nSPS) is 20.2. The number of nitrogens with one attached hydrogen (secondary N) is 2.